The van der Waals surface area contributed by atoms with E-state index in [1.807, 2.05) is 0 Å². The molecule has 6 heteroatoms. The fourth-order valence-corrected chi connectivity index (χ4v) is 2.00. The van der Waals surface area contributed by atoms with Crippen molar-refractivity contribution in [2.75, 3.05) is 11.9 Å². The number of nitro benzene ring substituents is 1. The van der Waals surface area contributed by atoms with Gasteiger partial charge in [0.05, 0.1) is 11.0 Å². The highest BCUT2D eigenvalue weighted by Crippen LogP contribution is 2.37. The van der Waals surface area contributed by atoms with Crippen LogP contribution in [0.5, 0.6) is 0 Å². The molecule has 2 unspecified atom stereocenters. The van der Waals surface area contributed by atoms with E-state index in [-0.39, 0.29) is 5.69 Å². The molecule has 0 saturated heterocycles. The standard InChI is InChI=1S/C12H13N3O3/c1-7-4-8(7)6-13-12-14-10-3-2-9(15(16)17)5-11(10)18-12/h2-3,5,7-8H,4,6H2,1H3,(H,13,14). The van der Waals surface area contributed by atoms with Crippen LogP contribution in [0.1, 0.15) is 13.3 Å². The molecule has 0 aliphatic heterocycles. The summed E-state index contributed by atoms with van der Waals surface area (Å²) < 4.78 is 5.45. The average Bonchev–Trinajstić information content (AvgIpc) is 2.89. The number of hydrogen-bond acceptors (Lipinski definition) is 5. The van der Waals surface area contributed by atoms with Crippen molar-refractivity contribution in [2.24, 2.45) is 11.8 Å². The fourth-order valence-electron chi connectivity index (χ4n) is 2.00. The lowest BCUT2D eigenvalue weighted by Gasteiger charge is -1.97. The molecule has 94 valence electrons. The molecule has 2 atom stereocenters. The summed E-state index contributed by atoms with van der Waals surface area (Å²) in [4.78, 5) is 14.4. The number of nitro groups is 1. The van der Waals surface area contributed by atoms with Crippen molar-refractivity contribution in [2.45, 2.75) is 13.3 Å². The summed E-state index contributed by atoms with van der Waals surface area (Å²) in [5.74, 6) is 1.46. The number of aromatic nitrogens is 1. The van der Waals surface area contributed by atoms with Crippen LogP contribution in [0.4, 0.5) is 11.7 Å². The molecule has 0 amide bonds. The highest BCUT2D eigenvalue weighted by Gasteiger charge is 2.32. The third-order valence-electron chi connectivity index (χ3n) is 3.37. The number of rotatable bonds is 4. The number of benzene rings is 1. The van der Waals surface area contributed by atoms with Crippen molar-refractivity contribution in [3.8, 4) is 0 Å². The van der Waals surface area contributed by atoms with Crippen LogP contribution in [0.3, 0.4) is 0 Å². The molecular formula is C12H13N3O3. The molecule has 1 aromatic carbocycles. The molecule has 1 aromatic heterocycles. The van der Waals surface area contributed by atoms with Gasteiger partial charge in [-0.15, -0.1) is 0 Å². The Labute approximate surface area is 103 Å². The zero-order valence-electron chi connectivity index (χ0n) is 9.92. The zero-order chi connectivity index (χ0) is 12.7. The molecule has 1 fully saturated rings. The predicted octanol–water partition coefficient (Wildman–Crippen LogP) is 2.80. The molecule has 0 bridgehead atoms. The van der Waals surface area contributed by atoms with Gasteiger partial charge in [-0.2, -0.15) is 4.98 Å². The van der Waals surface area contributed by atoms with Crippen LogP contribution in [0, 0.1) is 22.0 Å². The monoisotopic (exact) mass is 247 g/mol. The van der Waals surface area contributed by atoms with Crippen LogP contribution in [0.15, 0.2) is 22.6 Å². The normalized spacial score (nSPS) is 22.1. The molecule has 1 N–H and O–H groups in total. The van der Waals surface area contributed by atoms with E-state index in [1.54, 1.807) is 6.07 Å². The second kappa shape index (κ2) is 3.97. The largest absolute Gasteiger partial charge is 0.423 e. The van der Waals surface area contributed by atoms with Crippen LogP contribution in [0.25, 0.3) is 11.1 Å². The number of anilines is 1. The molecule has 3 rings (SSSR count). The van der Waals surface area contributed by atoms with Gasteiger partial charge in [0.25, 0.3) is 11.7 Å². The van der Waals surface area contributed by atoms with Gasteiger partial charge in [0.15, 0.2) is 5.58 Å². The van der Waals surface area contributed by atoms with Crippen molar-refractivity contribution < 1.29 is 9.34 Å². The van der Waals surface area contributed by atoms with E-state index >= 15 is 0 Å². The van der Waals surface area contributed by atoms with E-state index in [0.29, 0.717) is 23.0 Å². The Morgan fingerprint density at radius 3 is 3.06 bits per heavy atom. The van der Waals surface area contributed by atoms with Crippen molar-refractivity contribution in [1.82, 2.24) is 4.98 Å². The minimum atomic E-state index is -0.444. The minimum Gasteiger partial charge on any atom is -0.423 e. The third kappa shape index (κ3) is 2.01. The van der Waals surface area contributed by atoms with Gasteiger partial charge in [-0.1, -0.05) is 6.92 Å². The van der Waals surface area contributed by atoms with E-state index < -0.39 is 4.92 Å². The molecule has 1 aliphatic carbocycles. The van der Waals surface area contributed by atoms with Crippen molar-refractivity contribution in [3.05, 3.63) is 28.3 Å². The first-order valence-electron chi connectivity index (χ1n) is 5.92. The molecular weight excluding hydrogens is 234 g/mol. The maximum absolute atomic E-state index is 10.6. The first kappa shape index (κ1) is 11.0. The molecule has 1 saturated carbocycles. The number of nitrogens with zero attached hydrogens (tertiary/aromatic N) is 2. The topological polar surface area (TPSA) is 81.2 Å². The molecule has 6 nitrogen and oxygen atoms in total. The number of nitrogens with one attached hydrogen (secondary N) is 1. The zero-order valence-corrected chi connectivity index (χ0v) is 9.92. The average molecular weight is 247 g/mol. The van der Waals surface area contributed by atoms with Crippen LogP contribution >= 0.6 is 0 Å². The Bertz CT molecular complexity index is 608. The van der Waals surface area contributed by atoms with Gasteiger partial charge in [0.1, 0.15) is 5.52 Å². The fraction of sp³-hybridized carbons (Fsp3) is 0.417. The van der Waals surface area contributed by atoms with Gasteiger partial charge in [0, 0.05) is 12.6 Å². The smallest absolute Gasteiger partial charge is 0.295 e. The maximum Gasteiger partial charge on any atom is 0.295 e. The number of hydrogen-bond donors (Lipinski definition) is 1. The third-order valence-corrected chi connectivity index (χ3v) is 3.37. The van der Waals surface area contributed by atoms with E-state index in [2.05, 4.69) is 17.2 Å². The Balaban J connectivity index is 1.79. The van der Waals surface area contributed by atoms with Crippen LogP contribution < -0.4 is 5.32 Å². The molecule has 18 heavy (non-hydrogen) atoms. The van der Waals surface area contributed by atoms with Gasteiger partial charge >= 0.3 is 0 Å². The van der Waals surface area contributed by atoms with Gasteiger partial charge in [-0.05, 0) is 24.3 Å². The summed E-state index contributed by atoms with van der Waals surface area (Å²) in [6.45, 7) is 3.05. The quantitative estimate of drug-likeness (QED) is 0.663. The Kier molecular flexibility index (Phi) is 2.43. The molecule has 0 radical (unpaired) electrons. The molecule has 2 aromatic rings. The van der Waals surface area contributed by atoms with Gasteiger partial charge in [-0.25, -0.2) is 0 Å². The summed E-state index contributed by atoms with van der Waals surface area (Å²) in [6, 6.07) is 4.86. The van der Waals surface area contributed by atoms with Crippen molar-refractivity contribution in [3.63, 3.8) is 0 Å². The number of oxazole rings is 1. The number of non-ortho nitro benzene ring substituents is 1. The molecule has 0 spiro atoms. The second-order valence-corrected chi connectivity index (χ2v) is 4.78. The number of fused-ring (bicyclic) bond motifs is 1. The Hall–Kier alpha value is -2.11. The van der Waals surface area contributed by atoms with Crippen LogP contribution in [-0.4, -0.2) is 16.5 Å². The summed E-state index contributed by atoms with van der Waals surface area (Å²) in [5.41, 5.74) is 1.09. The SMILES string of the molecule is CC1CC1CNc1nc2ccc([N+](=O)[O-])cc2o1. The highest BCUT2D eigenvalue weighted by atomic mass is 16.6. The maximum atomic E-state index is 10.6. The van der Waals surface area contributed by atoms with Gasteiger partial charge < -0.3 is 9.73 Å². The first-order chi connectivity index (χ1) is 8.63. The summed E-state index contributed by atoms with van der Waals surface area (Å²) in [6.07, 6.45) is 1.23. The van der Waals surface area contributed by atoms with E-state index in [1.165, 1.54) is 18.6 Å². The lowest BCUT2D eigenvalue weighted by molar-refractivity contribution is -0.384. The van der Waals surface area contributed by atoms with Crippen LogP contribution in [-0.2, 0) is 0 Å². The Morgan fingerprint density at radius 2 is 2.39 bits per heavy atom. The lowest BCUT2D eigenvalue weighted by atomic mass is 10.3. The van der Waals surface area contributed by atoms with Crippen molar-refractivity contribution >= 4 is 22.8 Å². The van der Waals surface area contributed by atoms with Gasteiger partial charge in [0.2, 0.25) is 0 Å². The van der Waals surface area contributed by atoms with Crippen molar-refractivity contribution in [1.29, 1.82) is 0 Å². The van der Waals surface area contributed by atoms with E-state index in [9.17, 15) is 10.1 Å². The summed E-state index contributed by atoms with van der Waals surface area (Å²) >= 11 is 0. The predicted molar refractivity (Wildman–Crippen MR) is 66.4 cm³/mol. The van der Waals surface area contributed by atoms with E-state index in [0.717, 1.165) is 12.5 Å². The molecule has 1 heterocycles. The summed E-state index contributed by atoms with van der Waals surface area (Å²) in [7, 11) is 0. The lowest BCUT2D eigenvalue weighted by Crippen LogP contribution is -2.04. The highest BCUT2D eigenvalue weighted by molar-refractivity contribution is 5.77. The second-order valence-electron chi connectivity index (χ2n) is 4.78. The van der Waals surface area contributed by atoms with E-state index in [4.69, 9.17) is 4.42 Å². The minimum absolute atomic E-state index is 0.0148. The molecule has 1 aliphatic rings. The van der Waals surface area contributed by atoms with Gasteiger partial charge in [-0.3, -0.25) is 10.1 Å². The van der Waals surface area contributed by atoms with Crippen LogP contribution in [0.2, 0.25) is 0 Å². The Morgan fingerprint density at radius 1 is 1.61 bits per heavy atom. The first-order valence-corrected chi connectivity index (χ1v) is 5.92. The summed E-state index contributed by atoms with van der Waals surface area (Å²) in [5, 5.41) is 13.8.